The van der Waals surface area contributed by atoms with Crippen molar-refractivity contribution in [1.29, 1.82) is 0 Å². The van der Waals surface area contributed by atoms with Crippen LogP contribution in [0.15, 0.2) is 24.5 Å². The second-order valence-electron chi connectivity index (χ2n) is 8.63. The molecule has 1 aromatic carbocycles. The van der Waals surface area contributed by atoms with Gasteiger partial charge in [-0.05, 0) is 38.2 Å². The second kappa shape index (κ2) is 9.36. The molecule has 0 radical (unpaired) electrons. The molecular formula is C23H30N4O4. The Hall–Kier alpha value is -2.45. The molecule has 2 aliphatic heterocycles. The standard InChI is InChI=1S/C23H30N4O4/c28-23(16-5-10-30-15-16)26-17-1-3-19(4-2-17)31-21-14-18(27-8-11-29-12-9-27)13-20-22(21)25-7-6-24-20/h6-7,13-14,16-17,19H,1-5,8-12,15H2,(H,26,28)/t16?,17-,19+. The van der Waals surface area contributed by atoms with Crippen LogP contribution in [0.1, 0.15) is 32.1 Å². The highest BCUT2D eigenvalue weighted by molar-refractivity contribution is 5.85. The van der Waals surface area contributed by atoms with Gasteiger partial charge in [-0.1, -0.05) is 0 Å². The minimum atomic E-state index is 0.0156. The normalized spacial score (nSPS) is 26.7. The van der Waals surface area contributed by atoms with Gasteiger partial charge in [0.1, 0.15) is 11.3 Å². The van der Waals surface area contributed by atoms with Gasteiger partial charge in [-0.15, -0.1) is 0 Å². The van der Waals surface area contributed by atoms with Crippen LogP contribution in [0.4, 0.5) is 5.69 Å². The third-order valence-electron chi connectivity index (χ3n) is 6.51. The molecule has 31 heavy (non-hydrogen) atoms. The van der Waals surface area contributed by atoms with Crippen molar-refractivity contribution in [2.75, 3.05) is 44.4 Å². The molecular weight excluding hydrogens is 396 g/mol. The van der Waals surface area contributed by atoms with E-state index in [-0.39, 0.29) is 24.0 Å². The van der Waals surface area contributed by atoms with E-state index in [0.717, 1.165) is 80.9 Å². The van der Waals surface area contributed by atoms with Crippen LogP contribution in [0.25, 0.3) is 11.0 Å². The van der Waals surface area contributed by atoms with Crippen molar-refractivity contribution in [3.8, 4) is 5.75 Å². The van der Waals surface area contributed by atoms with Crippen LogP contribution in [0.5, 0.6) is 5.75 Å². The van der Waals surface area contributed by atoms with Crippen molar-refractivity contribution in [1.82, 2.24) is 15.3 Å². The summed E-state index contributed by atoms with van der Waals surface area (Å²) in [5.41, 5.74) is 2.75. The second-order valence-corrected chi connectivity index (χ2v) is 8.63. The van der Waals surface area contributed by atoms with Crippen LogP contribution in [0.3, 0.4) is 0 Å². The van der Waals surface area contributed by atoms with Gasteiger partial charge in [0.2, 0.25) is 5.91 Å². The number of ether oxygens (including phenoxy) is 3. The van der Waals surface area contributed by atoms with Gasteiger partial charge < -0.3 is 24.4 Å². The topological polar surface area (TPSA) is 85.8 Å². The monoisotopic (exact) mass is 426 g/mol. The molecule has 3 fully saturated rings. The molecule has 2 aromatic rings. The van der Waals surface area contributed by atoms with E-state index in [4.69, 9.17) is 14.2 Å². The molecule has 166 valence electrons. The van der Waals surface area contributed by atoms with E-state index in [9.17, 15) is 4.79 Å². The summed E-state index contributed by atoms with van der Waals surface area (Å²) >= 11 is 0. The van der Waals surface area contributed by atoms with Gasteiger partial charge >= 0.3 is 0 Å². The zero-order valence-corrected chi connectivity index (χ0v) is 17.8. The van der Waals surface area contributed by atoms with Crippen molar-refractivity contribution in [3.63, 3.8) is 0 Å². The molecule has 3 heterocycles. The lowest BCUT2D eigenvalue weighted by Crippen LogP contribution is -2.42. The summed E-state index contributed by atoms with van der Waals surface area (Å²) in [5.74, 6) is 0.950. The van der Waals surface area contributed by atoms with Gasteiger partial charge in [0.25, 0.3) is 0 Å². The first-order valence-electron chi connectivity index (χ1n) is 11.4. The summed E-state index contributed by atoms with van der Waals surface area (Å²) in [5, 5.41) is 3.21. The number of hydrogen-bond donors (Lipinski definition) is 1. The molecule has 0 bridgehead atoms. The fourth-order valence-corrected chi connectivity index (χ4v) is 4.69. The Morgan fingerprint density at radius 2 is 1.81 bits per heavy atom. The molecule has 1 aliphatic carbocycles. The van der Waals surface area contributed by atoms with Crippen LogP contribution in [-0.2, 0) is 14.3 Å². The average molecular weight is 427 g/mol. The third kappa shape index (κ3) is 4.75. The molecule has 1 aromatic heterocycles. The van der Waals surface area contributed by atoms with Gasteiger partial charge in [0, 0.05) is 49.9 Å². The van der Waals surface area contributed by atoms with Crippen LogP contribution in [-0.4, -0.2) is 67.5 Å². The molecule has 8 nitrogen and oxygen atoms in total. The smallest absolute Gasteiger partial charge is 0.225 e. The number of amides is 1. The lowest BCUT2D eigenvalue weighted by Gasteiger charge is -2.31. The molecule has 5 rings (SSSR count). The number of rotatable bonds is 5. The summed E-state index contributed by atoms with van der Waals surface area (Å²) < 4.78 is 17.3. The van der Waals surface area contributed by atoms with Crippen molar-refractivity contribution in [2.24, 2.45) is 5.92 Å². The lowest BCUT2D eigenvalue weighted by molar-refractivity contribution is -0.126. The molecule has 1 saturated carbocycles. The molecule has 1 amide bonds. The van der Waals surface area contributed by atoms with Crippen molar-refractivity contribution >= 4 is 22.6 Å². The van der Waals surface area contributed by atoms with E-state index in [0.29, 0.717) is 13.2 Å². The number of morpholine rings is 1. The van der Waals surface area contributed by atoms with E-state index < -0.39 is 0 Å². The maximum absolute atomic E-state index is 12.4. The summed E-state index contributed by atoms with van der Waals surface area (Å²) in [7, 11) is 0. The van der Waals surface area contributed by atoms with E-state index in [2.05, 4.69) is 32.3 Å². The maximum atomic E-state index is 12.4. The highest BCUT2D eigenvalue weighted by Gasteiger charge is 2.29. The molecule has 8 heteroatoms. The molecule has 3 aliphatic rings. The summed E-state index contributed by atoms with van der Waals surface area (Å²) in [6.45, 7) is 4.44. The Morgan fingerprint density at radius 1 is 1.00 bits per heavy atom. The molecule has 1 atom stereocenters. The maximum Gasteiger partial charge on any atom is 0.225 e. The first-order valence-corrected chi connectivity index (χ1v) is 11.4. The first kappa shape index (κ1) is 20.5. The molecule has 0 spiro atoms. The van der Waals surface area contributed by atoms with Crippen LogP contribution in [0.2, 0.25) is 0 Å². The van der Waals surface area contributed by atoms with Gasteiger partial charge in [0.05, 0.1) is 37.4 Å². The van der Waals surface area contributed by atoms with E-state index in [1.807, 2.05) is 0 Å². The Bertz CT molecular complexity index is 904. The van der Waals surface area contributed by atoms with Crippen LogP contribution in [0, 0.1) is 5.92 Å². The Kier molecular flexibility index (Phi) is 6.18. The van der Waals surface area contributed by atoms with Crippen LogP contribution < -0.4 is 15.0 Å². The predicted molar refractivity (Wildman–Crippen MR) is 116 cm³/mol. The largest absolute Gasteiger partial charge is 0.488 e. The fraction of sp³-hybridized carbons (Fsp3) is 0.609. The average Bonchev–Trinajstić information content (AvgIpc) is 3.36. The summed E-state index contributed by atoms with van der Waals surface area (Å²) in [4.78, 5) is 23.7. The number of anilines is 1. The highest BCUT2D eigenvalue weighted by Crippen LogP contribution is 2.33. The third-order valence-corrected chi connectivity index (χ3v) is 6.51. The minimum Gasteiger partial charge on any atom is -0.488 e. The van der Waals surface area contributed by atoms with Crippen molar-refractivity contribution in [2.45, 2.75) is 44.2 Å². The van der Waals surface area contributed by atoms with E-state index in [1.54, 1.807) is 12.4 Å². The highest BCUT2D eigenvalue weighted by atomic mass is 16.5. The number of hydrogen-bond acceptors (Lipinski definition) is 7. The van der Waals surface area contributed by atoms with Gasteiger partial charge in [0.15, 0.2) is 0 Å². The zero-order valence-electron chi connectivity index (χ0n) is 17.8. The zero-order chi connectivity index (χ0) is 21.0. The van der Waals surface area contributed by atoms with Gasteiger partial charge in [-0.25, -0.2) is 4.98 Å². The molecule has 2 saturated heterocycles. The lowest BCUT2D eigenvalue weighted by atomic mass is 9.92. The number of carbonyl (C=O) groups excluding carboxylic acids is 1. The van der Waals surface area contributed by atoms with Crippen molar-refractivity contribution in [3.05, 3.63) is 24.5 Å². The number of benzene rings is 1. The number of nitrogens with zero attached hydrogens (tertiary/aromatic N) is 3. The van der Waals surface area contributed by atoms with Gasteiger partial charge in [-0.3, -0.25) is 9.78 Å². The number of nitrogens with one attached hydrogen (secondary N) is 1. The quantitative estimate of drug-likeness (QED) is 0.785. The summed E-state index contributed by atoms with van der Waals surface area (Å²) in [6, 6.07) is 4.40. The van der Waals surface area contributed by atoms with Crippen LogP contribution >= 0.6 is 0 Å². The SMILES string of the molecule is O=C(N[C@H]1CC[C@@H](Oc2cc(N3CCOCC3)cc3nccnc23)CC1)C1CCOC1. The Labute approximate surface area is 182 Å². The number of fused-ring (bicyclic) bond motifs is 1. The first-order chi connectivity index (χ1) is 15.3. The van der Waals surface area contributed by atoms with E-state index >= 15 is 0 Å². The number of aromatic nitrogens is 2. The van der Waals surface area contributed by atoms with E-state index in [1.165, 1.54) is 0 Å². The van der Waals surface area contributed by atoms with Crippen molar-refractivity contribution < 1.29 is 19.0 Å². The minimum absolute atomic E-state index is 0.0156. The predicted octanol–water partition coefficient (Wildman–Crippen LogP) is 2.31. The molecule has 1 unspecified atom stereocenters. The Balaban J connectivity index is 1.24. The fourth-order valence-electron chi connectivity index (χ4n) is 4.69. The number of carbonyl (C=O) groups is 1. The Morgan fingerprint density at radius 3 is 2.58 bits per heavy atom. The molecule has 1 N–H and O–H groups in total. The summed E-state index contributed by atoms with van der Waals surface area (Å²) in [6.07, 6.45) is 8.06. The van der Waals surface area contributed by atoms with Gasteiger partial charge in [-0.2, -0.15) is 0 Å².